The number of anilines is 1. The van der Waals surface area contributed by atoms with Gasteiger partial charge in [0.1, 0.15) is 17.4 Å². The van der Waals surface area contributed by atoms with E-state index in [2.05, 4.69) is 25.2 Å². The zero-order chi connectivity index (χ0) is 24.4. The van der Waals surface area contributed by atoms with Crippen LogP contribution in [0.1, 0.15) is 10.4 Å². The lowest BCUT2D eigenvalue weighted by Crippen LogP contribution is -2.13. The third kappa shape index (κ3) is 4.80. The molecule has 0 fully saturated rings. The van der Waals surface area contributed by atoms with Gasteiger partial charge in [-0.2, -0.15) is 10.2 Å². The molecule has 172 valence electrons. The summed E-state index contributed by atoms with van der Waals surface area (Å²) in [6.45, 7) is 0. The van der Waals surface area contributed by atoms with Gasteiger partial charge in [0.25, 0.3) is 5.91 Å². The molecule has 0 radical (unpaired) electrons. The van der Waals surface area contributed by atoms with Crippen molar-refractivity contribution in [1.82, 2.24) is 20.0 Å². The first kappa shape index (κ1) is 23.1. The van der Waals surface area contributed by atoms with E-state index in [1.165, 1.54) is 41.6 Å². The Bertz CT molecular complexity index is 1420. The van der Waals surface area contributed by atoms with E-state index in [0.717, 1.165) is 18.2 Å². The SMILES string of the molecule is O=C(O)Oc1cc(F)c(Cl)cc1-c1ccc(C(=O)Nc2cnc(-n3nccn3)c(Cl)c2)cc1F. The van der Waals surface area contributed by atoms with E-state index in [9.17, 15) is 18.4 Å². The Balaban J connectivity index is 1.59. The molecule has 0 aliphatic carbocycles. The Kier molecular flexibility index (Phi) is 6.39. The number of hydrogen-bond donors (Lipinski definition) is 2. The summed E-state index contributed by atoms with van der Waals surface area (Å²) in [5.74, 6) is -2.73. The second kappa shape index (κ2) is 9.41. The van der Waals surface area contributed by atoms with E-state index in [0.29, 0.717) is 0 Å². The molecule has 13 heteroatoms. The first-order valence-corrected chi connectivity index (χ1v) is 10.0. The third-order valence-corrected chi connectivity index (χ3v) is 5.00. The van der Waals surface area contributed by atoms with Crippen molar-refractivity contribution in [2.75, 3.05) is 5.32 Å². The Morgan fingerprint density at radius 2 is 1.71 bits per heavy atom. The number of nitrogens with one attached hydrogen (secondary N) is 1. The number of halogens is 4. The van der Waals surface area contributed by atoms with Gasteiger partial charge in [-0.15, -0.1) is 4.80 Å². The summed E-state index contributed by atoms with van der Waals surface area (Å²) in [6, 6.07) is 6.59. The van der Waals surface area contributed by atoms with Gasteiger partial charge in [0.05, 0.1) is 34.3 Å². The molecule has 9 nitrogen and oxygen atoms in total. The maximum absolute atomic E-state index is 14.9. The minimum Gasteiger partial charge on any atom is -0.449 e. The first-order chi connectivity index (χ1) is 16.2. The minimum atomic E-state index is -1.72. The van der Waals surface area contributed by atoms with Crippen LogP contribution in [0.15, 0.2) is 55.0 Å². The third-order valence-electron chi connectivity index (χ3n) is 4.43. The van der Waals surface area contributed by atoms with Gasteiger partial charge in [-0.1, -0.05) is 29.3 Å². The van der Waals surface area contributed by atoms with Crippen molar-refractivity contribution in [3.05, 3.63) is 82.2 Å². The quantitative estimate of drug-likeness (QED) is 0.281. The highest BCUT2D eigenvalue weighted by atomic mass is 35.5. The van der Waals surface area contributed by atoms with E-state index in [-0.39, 0.29) is 38.2 Å². The maximum Gasteiger partial charge on any atom is 0.511 e. The number of nitrogens with zero attached hydrogens (tertiary/aromatic N) is 4. The fraction of sp³-hybridized carbons (Fsp3) is 0. The summed E-state index contributed by atoms with van der Waals surface area (Å²) in [7, 11) is 0. The number of hydrogen-bond acceptors (Lipinski definition) is 6. The Morgan fingerprint density at radius 3 is 2.35 bits per heavy atom. The monoisotopic (exact) mass is 505 g/mol. The van der Waals surface area contributed by atoms with Crippen LogP contribution in [0.4, 0.5) is 19.3 Å². The average Bonchev–Trinajstić information content (AvgIpc) is 3.30. The smallest absolute Gasteiger partial charge is 0.449 e. The van der Waals surface area contributed by atoms with E-state index < -0.39 is 29.4 Å². The summed E-state index contributed by atoms with van der Waals surface area (Å²) in [5.41, 5.74) is -0.102. The zero-order valence-corrected chi connectivity index (χ0v) is 18.2. The van der Waals surface area contributed by atoms with Crippen molar-refractivity contribution in [2.24, 2.45) is 0 Å². The number of carboxylic acid groups (broad SMARTS) is 1. The number of ether oxygens (including phenoxy) is 1. The van der Waals surface area contributed by atoms with Gasteiger partial charge < -0.3 is 15.2 Å². The number of carbonyl (C=O) groups excluding carboxylic acids is 1. The van der Waals surface area contributed by atoms with Gasteiger partial charge >= 0.3 is 6.16 Å². The number of aromatic nitrogens is 4. The molecule has 2 heterocycles. The second-order valence-electron chi connectivity index (χ2n) is 6.63. The summed E-state index contributed by atoms with van der Waals surface area (Å²) >= 11 is 11.9. The average molecular weight is 506 g/mol. The molecular formula is C21H11Cl2F2N5O4. The summed E-state index contributed by atoms with van der Waals surface area (Å²) < 4.78 is 33.2. The first-order valence-electron chi connectivity index (χ1n) is 9.26. The summed E-state index contributed by atoms with van der Waals surface area (Å²) in [4.78, 5) is 28.8. The Hall–Kier alpha value is -4.09. The molecule has 2 aromatic heterocycles. The lowest BCUT2D eigenvalue weighted by molar-refractivity contribution is 0.102. The number of benzene rings is 2. The van der Waals surface area contributed by atoms with E-state index in [1.807, 2.05) is 0 Å². The van der Waals surface area contributed by atoms with Gasteiger partial charge in [0, 0.05) is 22.8 Å². The number of rotatable bonds is 5. The van der Waals surface area contributed by atoms with Gasteiger partial charge in [-0.05, 0) is 24.3 Å². The molecule has 4 rings (SSSR count). The van der Waals surface area contributed by atoms with Gasteiger partial charge in [-0.3, -0.25) is 4.79 Å². The van der Waals surface area contributed by atoms with Crippen LogP contribution in [-0.2, 0) is 0 Å². The molecule has 34 heavy (non-hydrogen) atoms. The molecule has 4 aromatic rings. The van der Waals surface area contributed by atoms with Crippen molar-refractivity contribution in [3.8, 4) is 22.7 Å². The normalized spacial score (nSPS) is 10.7. The molecule has 2 aromatic carbocycles. The summed E-state index contributed by atoms with van der Waals surface area (Å²) in [5, 5.41) is 19.0. The highest BCUT2D eigenvalue weighted by Gasteiger charge is 2.19. The highest BCUT2D eigenvalue weighted by molar-refractivity contribution is 6.32. The Labute approximate surface area is 199 Å². The van der Waals surface area contributed by atoms with Crippen LogP contribution in [0.2, 0.25) is 10.0 Å². The molecule has 0 saturated carbocycles. The van der Waals surface area contributed by atoms with Crippen molar-refractivity contribution in [3.63, 3.8) is 0 Å². The van der Waals surface area contributed by atoms with Crippen LogP contribution in [-0.4, -0.2) is 37.1 Å². The molecule has 0 unspecified atom stereocenters. The lowest BCUT2D eigenvalue weighted by Gasteiger charge is -2.12. The van der Waals surface area contributed by atoms with Gasteiger partial charge in [-0.25, -0.2) is 18.6 Å². The van der Waals surface area contributed by atoms with Crippen LogP contribution >= 0.6 is 23.2 Å². The summed E-state index contributed by atoms with van der Waals surface area (Å²) in [6.07, 6.45) is 2.50. The van der Waals surface area contributed by atoms with Crippen LogP contribution in [0.3, 0.4) is 0 Å². The largest absolute Gasteiger partial charge is 0.511 e. The fourth-order valence-corrected chi connectivity index (χ4v) is 3.37. The Morgan fingerprint density at radius 1 is 0.971 bits per heavy atom. The van der Waals surface area contributed by atoms with Gasteiger partial charge in [0.2, 0.25) is 0 Å². The molecule has 0 spiro atoms. The zero-order valence-electron chi connectivity index (χ0n) is 16.7. The molecule has 0 bridgehead atoms. The number of amides is 1. The van der Waals surface area contributed by atoms with E-state index in [1.54, 1.807) is 0 Å². The molecule has 2 N–H and O–H groups in total. The number of carbonyl (C=O) groups is 2. The fourth-order valence-electron chi connectivity index (χ4n) is 2.97. The molecule has 1 amide bonds. The van der Waals surface area contributed by atoms with E-state index >= 15 is 0 Å². The predicted molar refractivity (Wildman–Crippen MR) is 118 cm³/mol. The van der Waals surface area contributed by atoms with Crippen LogP contribution in [0, 0.1) is 11.6 Å². The molecule has 0 aliphatic rings. The van der Waals surface area contributed by atoms with E-state index in [4.69, 9.17) is 28.3 Å². The highest BCUT2D eigenvalue weighted by Crippen LogP contribution is 2.36. The predicted octanol–water partition coefficient (Wildman–Crippen LogP) is 5.22. The van der Waals surface area contributed by atoms with Crippen LogP contribution < -0.4 is 10.1 Å². The molecule has 0 atom stereocenters. The topological polar surface area (TPSA) is 119 Å². The van der Waals surface area contributed by atoms with Crippen LogP contribution in [0.5, 0.6) is 5.75 Å². The molecule has 0 aliphatic heterocycles. The van der Waals surface area contributed by atoms with Gasteiger partial charge in [0.15, 0.2) is 5.82 Å². The van der Waals surface area contributed by atoms with Crippen molar-refractivity contribution < 1.29 is 28.2 Å². The minimum absolute atomic E-state index is 0.0656. The number of pyridine rings is 1. The molecule has 0 saturated heterocycles. The van der Waals surface area contributed by atoms with Crippen molar-refractivity contribution in [2.45, 2.75) is 0 Å². The lowest BCUT2D eigenvalue weighted by atomic mass is 10.0. The molecular weight excluding hydrogens is 495 g/mol. The van der Waals surface area contributed by atoms with Crippen molar-refractivity contribution >= 4 is 41.0 Å². The van der Waals surface area contributed by atoms with Crippen LogP contribution in [0.25, 0.3) is 16.9 Å². The maximum atomic E-state index is 14.9. The van der Waals surface area contributed by atoms with Crippen molar-refractivity contribution in [1.29, 1.82) is 0 Å². The second-order valence-corrected chi connectivity index (χ2v) is 7.44. The standard InChI is InChI=1S/C21H11Cl2F2N5O4/c22-14-7-13(18(8-17(14)25)34-21(32)33)12-2-1-10(5-16(12)24)20(31)29-11-6-15(23)19(26-9-11)30-27-3-4-28-30/h1-9H,(H,29,31)(H,32,33).